The van der Waals surface area contributed by atoms with Crippen molar-refractivity contribution in [1.29, 1.82) is 0 Å². The Morgan fingerprint density at radius 1 is 1.29 bits per heavy atom. The first kappa shape index (κ1) is 12.9. The zero-order valence-electron chi connectivity index (χ0n) is 9.99. The fourth-order valence-electron chi connectivity index (χ4n) is 2.16. The van der Waals surface area contributed by atoms with E-state index >= 15 is 0 Å². The van der Waals surface area contributed by atoms with E-state index in [1.165, 1.54) is 25.9 Å². The maximum Gasteiger partial charge on any atom is 0.138 e. The minimum absolute atomic E-state index is 0.512. The summed E-state index contributed by atoms with van der Waals surface area (Å²) >= 11 is 3.51. The van der Waals surface area contributed by atoms with Crippen molar-refractivity contribution < 1.29 is 4.74 Å². The Bertz CT molecular complexity index is 364. The van der Waals surface area contributed by atoms with Crippen LogP contribution in [0.1, 0.15) is 18.4 Å². The van der Waals surface area contributed by atoms with Gasteiger partial charge in [-0.3, -0.25) is 4.90 Å². The molecule has 0 spiro atoms. The molecule has 0 bridgehead atoms. The quantitative estimate of drug-likeness (QED) is 0.907. The molecule has 0 aliphatic carbocycles. The second kappa shape index (κ2) is 6.38. The van der Waals surface area contributed by atoms with Crippen LogP contribution in [0.25, 0.3) is 0 Å². The molecule has 1 aliphatic heterocycles. The molecule has 1 fully saturated rings. The molecule has 1 aromatic rings. The monoisotopic (exact) mass is 298 g/mol. The zero-order chi connectivity index (χ0) is 12.1. The number of nitrogens with two attached hydrogens (primary N) is 1. The molecule has 4 heteroatoms. The van der Waals surface area contributed by atoms with E-state index in [2.05, 4.69) is 20.8 Å². The third kappa shape index (κ3) is 3.44. The van der Waals surface area contributed by atoms with Crippen molar-refractivity contribution in [2.24, 2.45) is 5.73 Å². The topological polar surface area (TPSA) is 38.5 Å². The summed E-state index contributed by atoms with van der Waals surface area (Å²) < 4.78 is 6.84. The van der Waals surface area contributed by atoms with Gasteiger partial charge in [-0.2, -0.15) is 0 Å². The molecule has 0 amide bonds. The number of likely N-dealkylation sites (tertiary alicyclic amines) is 1. The van der Waals surface area contributed by atoms with Crippen LogP contribution in [0.4, 0.5) is 0 Å². The summed E-state index contributed by atoms with van der Waals surface area (Å²) in [6.45, 7) is 4.67. The molecule has 17 heavy (non-hydrogen) atoms. The maximum absolute atomic E-state index is 5.85. The number of benzene rings is 1. The van der Waals surface area contributed by atoms with E-state index in [-0.39, 0.29) is 0 Å². The first-order valence-corrected chi connectivity index (χ1v) is 6.93. The lowest BCUT2D eigenvalue weighted by atomic mass is 10.2. The van der Waals surface area contributed by atoms with E-state index in [1.54, 1.807) is 0 Å². The first-order chi connectivity index (χ1) is 8.31. The summed E-state index contributed by atoms with van der Waals surface area (Å²) in [7, 11) is 0. The van der Waals surface area contributed by atoms with Gasteiger partial charge in [0.1, 0.15) is 12.4 Å². The molecule has 0 saturated carbocycles. The minimum atomic E-state index is 0.512. The van der Waals surface area contributed by atoms with E-state index in [4.69, 9.17) is 10.5 Å². The molecule has 0 atom stereocenters. The maximum atomic E-state index is 5.85. The molecule has 1 aromatic carbocycles. The van der Waals surface area contributed by atoms with Crippen molar-refractivity contribution in [3.8, 4) is 5.75 Å². The second-order valence-corrected chi connectivity index (χ2v) is 5.18. The number of rotatable bonds is 5. The third-order valence-corrected chi connectivity index (χ3v) is 3.75. The van der Waals surface area contributed by atoms with Crippen LogP contribution in [-0.2, 0) is 6.54 Å². The molecule has 94 valence electrons. The van der Waals surface area contributed by atoms with Crippen molar-refractivity contribution >= 4 is 15.9 Å². The number of nitrogens with zero attached hydrogens (tertiary/aromatic N) is 1. The Kier molecular flexibility index (Phi) is 4.83. The summed E-state index contributed by atoms with van der Waals surface area (Å²) in [4.78, 5) is 2.44. The number of halogens is 1. The zero-order valence-corrected chi connectivity index (χ0v) is 11.6. The van der Waals surface area contributed by atoms with Gasteiger partial charge >= 0.3 is 0 Å². The number of hydrogen-bond acceptors (Lipinski definition) is 3. The molecule has 1 heterocycles. The lowest BCUT2D eigenvalue weighted by Gasteiger charge is -2.17. The molecule has 0 aromatic heterocycles. The van der Waals surface area contributed by atoms with Gasteiger partial charge in [-0.1, -0.05) is 12.1 Å². The second-order valence-electron chi connectivity index (χ2n) is 4.33. The molecule has 1 aliphatic rings. The van der Waals surface area contributed by atoms with Crippen molar-refractivity contribution in [3.63, 3.8) is 0 Å². The molecular formula is C13H19BrN2O. The fraction of sp³-hybridized carbons (Fsp3) is 0.538. The first-order valence-electron chi connectivity index (χ1n) is 6.14. The number of hydrogen-bond donors (Lipinski definition) is 1. The average Bonchev–Trinajstić information content (AvgIpc) is 2.84. The van der Waals surface area contributed by atoms with Crippen molar-refractivity contribution in [2.45, 2.75) is 19.4 Å². The molecule has 2 N–H and O–H groups in total. The van der Waals surface area contributed by atoms with Gasteiger partial charge in [-0.15, -0.1) is 0 Å². The fourth-order valence-corrected chi connectivity index (χ4v) is 2.68. The van der Waals surface area contributed by atoms with Gasteiger partial charge in [0.2, 0.25) is 0 Å². The van der Waals surface area contributed by atoms with Crippen LogP contribution in [0, 0.1) is 0 Å². The van der Waals surface area contributed by atoms with Gasteiger partial charge in [-0.05, 0) is 47.9 Å². The predicted octanol–water partition coefficient (Wildman–Crippen LogP) is 2.38. The minimum Gasteiger partial charge on any atom is -0.491 e. The third-order valence-electron chi connectivity index (χ3n) is 3.12. The van der Waals surface area contributed by atoms with Gasteiger partial charge < -0.3 is 10.5 Å². The summed E-state index contributed by atoms with van der Waals surface area (Å²) in [5, 5.41) is 0. The van der Waals surface area contributed by atoms with Crippen molar-refractivity contribution in [1.82, 2.24) is 4.90 Å². The summed E-state index contributed by atoms with van der Waals surface area (Å²) in [5.41, 5.74) is 6.76. The van der Waals surface area contributed by atoms with Gasteiger partial charge in [0.05, 0.1) is 4.47 Å². The lowest BCUT2D eigenvalue weighted by molar-refractivity contribution is 0.235. The van der Waals surface area contributed by atoms with Crippen LogP contribution < -0.4 is 10.5 Å². The van der Waals surface area contributed by atoms with Crippen LogP contribution in [-0.4, -0.2) is 31.1 Å². The molecule has 3 nitrogen and oxygen atoms in total. The smallest absolute Gasteiger partial charge is 0.138 e. The van der Waals surface area contributed by atoms with Crippen molar-refractivity contribution in [2.75, 3.05) is 26.2 Å². The van der Waals surface area contributed by atoms with E-state index in [0.717, 1.165) is 28.9 Å². The highest BCUT2D eigenvalue weighted by Crippen LogP contribution is 2.28. The van der Waals surface area contributed by atoms with E-state index in [1.807, 2.05) is 18.2 Å². The van der Waals surface area contributed by atoms with E-state index in [9.17, 15) is 0 Å². The van der Waals surface area contributed by atoms with Crippen LogP contribution in [0.3, 0.4) is 0 Å². The van der Waals surface area contributed by atoms with E-state index < -0.39 is 0 Å². The van der Waals surface area contributed by atoms with Crippen LogP contribution >= 0.6 is 15.9 Å². The average molecular weight is 299 g/mol. The molecule has 1 saturated heterocycles. The Labute approximate surface area is 111 Å². The lowest BCUT2D eigenvalue weighted by Crippen LogP contribution is -2.25. The normalized spacial score (nSPS) is 16.4. The predicted molar refractivity (Wildman–Crippen MR) is 73.2 cm³/mol. The highest BCUT2D eigenvalue weighted by Gasteiger charge is 2.12. The highest BCUT2D eigenvalue weighted by molar-refractivity contribution is 9.10. The Hall–Kier alpha value is -0.580. The molecule has 2 rings (SSSR count). The van der Waals surface area contributed by atoms with E-state index in [0.29, 0.717) is 6.54 Å². The Balaban J connectivity index is 1.89. The van der Waals surface area contributed by atoms with Gasteiger partial charge in [-0.25, -0.2) is 0 Å². The summed E-state index contributed by atoms with van der Waals surface area (Å²) in [6.07, 6.45) is 2.65. The van der Waals surface area contributed by atoms with Crippen LogP contribution in [0.5, 0.6) is 5.75 Å². The Morgan fingerprint density at radius 2 is 2.06 bits per heavy atom. The summed E-state index contributed by atoms with van der Waals surface area (Å²) in [5.74, 6) is 0.897. The number of para-hydroxylation sites is 1. The molecule has 0 unspecified atom stereocenters. The molecular weight excluding hydrogens is 280 g/mol. The standard InChI is InChI=1S/C13H19BrN2O/c14-12-5-3-4-11(10-15)13(12)17-9-8-16-6-1-2-7-16/h3-5H,1-2,6-10,15H2. The number of ether oxygens (including phenoxy) is 1. The van der Waals surface area contributed by atoms with Crippen LogP contribution in [0.15, 0.2) is 22.7 Å². The van der Waals surface area contributed by atoms with Gasteiger partial charge in [0.15, 0.2) is 0 Å². The Morgan fingerprint density at radius 3 is 2.76 bits per heavy atom. The van der Waals surface area contributed by atoms with Gasteiger partial charge in [0.25, 0.3) is 0 Å². The van der Waals surface area contributed by atoms with Crippen LogP contribution in [0.2, 0.25) is 0 Å². The molecule has 0 radical (unpaired) electrons. The van der Waals surface area contributed by atoms with Gasteiger partial charge in [0, 0.05) is 18.7 Å². The summed E-state index contributed by atoms with van der Waals surface area (Å²) in [6, 6.07) is 5.99. The van der Waals surface area contributed by atoms with Crippen molar-refractivity contribution in [3.05, 3.63) is 28.2 Å². The highest BCUT2D eigenvalue weighted by atomic mass is 79.9. The SMILES string of the molecule is NCc1cccc(Br)c1OCCN1CCCC1. The largest absolute Gasteiger partial charge is 0.491 e.